The molecule has 1 aromatic heterocycles. The molecular formula is C19H23N3O3. The number of amides is 1. The molecule has 1 aliphatic rings. The van der Waals surface area contributed by atoms with Gasteiger partial charge in [0.1, 0.15) is 5.75 Å². The van der Waals surface area contributed by atoms with E-state index in [1.807, 2.05) is 42.2 Å². The van der Waals surface area contributed by atoms with Gasteiger partial charge in [-0.1, -0.05) is 18.2 Å². The molecule has 0 bridgehead atoms. The number of carbonyl (C=O) groups excluding carboxylic acids is 1. The zero-order chi connectivity index (χ0) is 17.6. The van der Waals surface area contributed by atoms with Crippen LogP contribution in [0.2, 0.25) is 0 Å². The number of ether oxygens (including phenoxy) is 1. The standard InChI is InChI=1S/C19H23N3O3/c1-15-3-2-4-17(11-15)25-14-19(24)22-9-7-21(8-10-22)13-16-5-6-18(23)20-12-16/h2-6,11-12H,7-10,13-14H2,1H3,(H,20,23). The van der Waals surface area contributed by atoms with Crippen molar-refractivity contribution in [1.29, 1.82) is 0 Å². The van der Waals surface area contributed by atoms with Gasteiger partial charge in [-0.25, -0.2) is 0 Å². The Hall–Kier alpha value is -2.60. The van der Waals surface area contributed by atoms with E-state index in [0.29, 0.717) is 13.1 Å². The second-order valence-electron chi connectivity index (χ2n) is 6.32. The Morgan fingerprint density at radius 2 is 1.96 bits per heavy atom. The van der Waals surface area contributed by atoms with Gasteiger partial charge in [-0.2, -0.15) is 0 Å². The van der Waals surface area contributed by atoms with Crippen LogP contribution in [-0.4, -0.2) is 53.5 Å². The molecule has 1 saturated heterocycles. The number of aryl methyl sites for hydroxylation is 1. The minimum atomic E-state index is -0.0900. The summed E-state index contributed by atoms with van der Waals surface area (Å²) in [6.45, 7) is 5.86. The summed E-state index contributed by atoms with van der Waals surface area (Å²) in [6.07, 6.45) is 1.75. The van der Waals surface area contributed by atoms with Crippen molar-refractivity contribution in [1.82, 2.24) is 14.8 Å². The summed E-state index contributed by atoms with van der Waals surface area (Å²) in [5.41, 5.74) is 2.09. The van der Waals surface area contributed by atoms with Crippen molar-refractivity contribution in [3.05, 3.63) is 64.1 Å². The van der Waals surface area contributed by atoms with Gasteiger partial charge in [0.25, 0.3) is 5.91 Å². The maximum atomic E-state index is 12.3. The van der Waals surface area contributed by atoms with Gasteiger partial charge in [0.05, 0.1) is 0 Å². The van der Waals surface area contributed by atoms with E-state index in [1.54, 1.807) is 6.20 Å². The second kappa shape index (κ2) is 7.98. The first-order valence-electron chi connectivity index (χ1n) is 8.47. The van der Waals surface area contributed by atoms with Gasteiger partial charge in [0.2, 0.25) is 5.56 Å². The summed E-state index contributed by atoms with van der Waals surface area (Å²) in [5, 5.41) is 0. The minimum Gasteiger partial charge on any atom is -0.484 e. The minimum absolute atomic E-state index is 0.0187. The molecule has 2 heterocycles. The Kier molecular flexibility index (Phi) is 5.50. The monoisotopic (exact) mass is 341 g/mol. The number of nitrogens with one attached hydrogen (secondary N) is 1. The quantitative estimate of drug-likeness (QED) is 0.893. The Morgan fingerprint density at radius 1 is 1.16 bits per heavy atom. The number of hydrogen-bond donors (Lipinski definition) is 1. The predicted octanol–water partition coefficient (Wildman–Crippen LogP) is 1.41. The number of pyridine rings is 1. The highest BCUT2D eigenvalue weighted by Gasteiger charge is 2.21. The van der Waals surface area contributed by atoms with Crippen LogP contribution >= 0.6 is 0 Å². The van der Waals surface area contributed by atoms with E-state index in [0.717, 1.165) is 36.5 Å². The fraction of sp³-hybridized carbons (Fsp3) is 0.368. The molecule has 1 amide bonds. The van der Waals surface area contributed by atoms with Crippen molar-refractivity contribution in [3.63, 3.8) is 0 Å². The van der Waals surface area contributed by atoms with Gasteiger partial charge < -0.3 is 14.6 Å². The highest BCUT2D eigenvalue weighted by atomic mass is 16.5. The zero-order valence-electron chi connectivity index (χ0n) is 14.4. The zero-order valence-corrected chi connectivity index (χ0v) is 14.4. The molecule has 0 spiro atoms. The summed E-state index contributed by atoms with van der Waals surface area (Å²) in [5.74, 6) is 0.746. The first-order chi connectivity index (χ1) is 12.1. The van der Waals surface area contributed by atoms with Gasteiger partial charge in [-0.05, 0) is 30.2 Å². The number of carbonyl (C=O) groups is 1. The van der Waals surface area contributed by atoms with Crippen molar-refractivity contribution < 1.29 is 9.53 Å². The number of piperazine rings is 1. The van der Waals surface area contributed by atoms with Crippen LogP contribution in [-0.2, 0) is 11.3 Å². The summed E-state index contributed by atoms with van der Waals surface area (Å²) >= 11 is 0. The molecule has 0 radical (unpaired) electrons. The van der Waals surface area contributed by atoms with Crippen LogP contribution in [0.3, 0.4) is 0 Å². The van der Waals surface area contributed by atoms with Crippen molar-refractivity contribution >= 4 is 5.91 Å². The Bertz CT molecular complexity index is 759. The van der Waals surface area contributed by atoms with Crippen LogP contribution in [0.5, 0.6) is 5.75 Å². The lowest BCUT2D eigenvalue weighted by Gasteiger charge is -2.34. The molecule has 6 heteroatoms. The molecule has 25 heavy (non-hydrogen) atoms. The average Bonchev–Trinajstić information content (AvgIpc) is 2.62. The molecule has 2 aromatic rings. The maximum absolute atomic E-state index is 12.3. The van der Waals surface area contributed by atoms with E-state index in [2.05, 4.69) is 9.88 Å². The van der Waals surface area contributed by atoms with Crippen LogP contribution in [0, 0.1) is 6.92 Å². The van der Waals surface area contributed by atoms with Gasteiger partial charge in [0, 0.05) is 45.0 Å². The number of rotatable bonds is 5. The van der Waals surface area contributed by atoms with Crippen LogP contribution in [0.15, 0.2) is 47.4 Å². The molecule has 0 unspecified atom stereocenters. The van der Waals surface area contributed by atoms with E-state index in [-0.39, 0.29) is 18.1 Å². The summed E-state index contributed by atoms with van der Waals surface area (Å²) < 4.78 is 5.60. The van der Waals surface area contributed by atoms with Crippen molar-refractivity contribution in [2.24, 2.45) is 0 Å². The maximum Gasteiger partial charge on any atom is 0.260 e. The first kappa shape index (κ1) is 17.2. The number of hydrogen-bond acceptors (Lipinski definition) is 4. The largest absolute Gasteiger partial charge is 0.484 e. The molecule has 1 aromatic carbocycles. The van der Waals surface area contributed by atoms with Crippen molar-refractivity contribution in [2.75, 3.05) is 32.8 Å². The molecule has 0 atom stereocenters. The number of benzene rings is 1. The van der Waals surface area contributed by atoms with E-state index >= 15 is 0 Å². The number of aromatic amines is 1. The molecular weight excluding hydrogens is 318 g/mol. The number of nitrogens with zero attached hydrogens (tertiary/aromatic N) is 2. The third-order valence-corrected chi connectivity index (χ3v) is 4.33. The Balaban J connectivity index is 1.44. The van der Waals surface area contributed by atoms with Crippen LogP contribution in [0.25, 0.3) is 0 Å². The average molecular weight is 341 g/mol. The fourth-order valence-corrected chi connectivity index (χ4v) is 2.90. The lowest BCUT2D eigenvalue weighted by molar-refractivity contribution is -0.135. The third-order valence-electron chi connectivity index (χ3n) is 4.33. The van der Waals surface area contributed by atoms with Gasteiger partial charge in [-0.15, -0.1) is 0 Å². The molecule has 132 valence electrons. The second-order valence-corrected chi connectivity index (χ2v) is 6.32. The van der Waals surface area contributed by atoms with Crippen LogP contribution in [0.1, 0.15) is 11.1 Å². The van der Waals surface area contributed by atoms with E-state index < -0.39 is 0 Å². The summed E-state index contributed by atoms with van der Waals surface area (Å²) in [6, 6.07) is 11.1. The predicted molar refractivity (Wildman–Crippen MR) is 95.6 cm³/mol. The molecule has 0 aliphatic carbocycles. The smallest absolute Gasteiger partial charge is 0.260 e. The van der Waals surface area contributed by atoms with Gasteiger partial charge in [-0.3, -0.25) is 14.5 Å². The van der Waals surface area contributed by atoms with Crippen LogP contribution < -0.4 is 10.3 Å². The van der Waals surface area contributed by atoms with Crippen LogP contribution in [0.4, 0.5) is 0 Å². The Morgan fingerprint density at radius 3 is 2.64 bits per heavy atom. The Labute approximate surface area is 147 Å². The normalized spacial score (nSPS) is 15.2. The lowest BCUT2D eigenvalue weighted by atomic mass is 10.2. The number of aromatic nitrogens is 1. The SMILES string of the molecule is Cc1cccc(OCC(=O)N2CCN(Cc3ccc(=O)[nH]c3)CC2)c1. The third kappa shape index (κ3) is 4.93. The fourth-order valence-electron chi connectivity index (χ4n) is 2.90. The van der Waals surface area contributed by atoms with Gasteiger partial charge >= 0.3 is 0 Å². The molecule has 0 saturated carbocycles. The van der Waals surface area contributed by atoms with Crippen molar-refractivity contribution in [3.8, 4) is 5.75 Å². The van der Waals surface area contributed by atoms with Crippen molar-refractivity contribution in [2.45, 2.75) is 13.5 Å². The van der Waals surface area contributed by atoms with E-state index in [9.17, 15) is 9.59 Å². The highest BCUT2D eigenvalue weighted by molar-refractivity contribution is 5.77. The number of H-pyrrole nitrogens is 1. The topological polar surface area (TPSA) is 65.6 Å². The molecule has 1 aliphatic heterocycles. The summed E-state index contributed by atoms with van der Waals surface area (Å²) in [4.78, 5) is 30.2. The molecule has 6 nitrogen and oxygen atoms in total. The van der Waals surface area contributed by atoms with Gasteiger partial charge in [0.15, 0.2) is 6.61 Å². The highest BCUT2D eigenvalue weighted by Crippen LogP contribution is 2.13. The molecule has 3 rings (SSSR count). The first-order valence-corrected chi connectivity index (χ1v) is 8.47. The molecule has 1 fully saturated rings. The lowest BCUT2D eigenvalue weighted by Crippen LogP contribution is -2.49. The van der Waals surface area contributed by atoms with E-state index in [4.69, 9.17) is 4.74 Å². The van der Waals surface area contributed by atoms with E-state index in [1.165, 1.54) is 6.07 Å². The molecule has 1 N–H and O–H groups in total. The summed E-state index contributed by atoms with van der Waals surface area (Å²) in [7, 11) is 0.